The summed E-state index contributed by atoms with van der Waals surface area (Å²) in [4.78, 5) is 13.9. The summed E-state index contributed by atoms with van der Waals surface area (Å²) in [6.45, 7) is 5.13. The Balaban J connectivity index is 2.04. The van der Waals surface area contributed by atoms with Gasteiger partial charge in [0.15, 0.2) is 0 Å². The van der Waals surface area contributed by atoms with Gasteiger partial charge in [-0.1, -0.05) is 31.2 Å². The van der Waals surface area contributed by atoms with Crippen molar-refractivity contribution >= 4 is 5.97 Å². The lowest BCUT2D eigenvalue weighted by Gasteiger charge is -2.36. The fraction of sp³-hybridized carbons (Fsp3) is 0.588. The van der Waals surface area contributed by atoms with Crippen LogP contribution in [0.3, 0.4) is 0 Å². The van der Waals surface area contributed by atoms with Gasteiger partial charge in [-0.3, -0.25) is 9.69 Å². The summed E-state index contributed by atoms with van der Waals surface area (Å²) in [5, 5.41) is 0. The third-order valence-electron chi connectivity index (χ3n) is 4.35. The number of carbonyl (C=O) groups excluding carboxylic acids is 1. The van der Waals surface area contributed by atoms with E-state index < -0.39 is 0 Å². The van der Waals surface area contributed by atoms with Crippen molar-refractivity contribution < 1.29 is 14.3 Å². The van der Waals surface area contributed by atoms with E-state index in [1.54, 1.807) is 7.11 Å². The molecule has 1 saturated heterocycles. The van der Waals surface area contributed by atoms with Crippen LogP contribution in [-0.4, -0.2) is 44.3 Å². The van der Waals surface area contributed by atoms with E-state index in [9.17, 15) is 4.79 Å². The zero-order valence-corrected chi connectivity index (χ0v) is 13.2. The molecule has 0 radical (unpaired) electrons. The van der Waals surface area contributed by atoms with Crippen LogP contribution in [0.1, 0.15) is 24.5 Å². The Morgan fingerprint density at radius 2 is 2.00 bits per heavy atom. The van der Waals surface area contributed by atoms with Crippen LogP contribution in [0.4, 0.5) is 0 Å². The van der Waals surface area contributed by atoms with Gasteiger partial charge in [-0.25, -0.2) is 0 Å². The van der Waals surface area contributed by atoms with Crippen molar-refractivity contribution in [3.05, 3.63) is 35.4 Å². The van der Waals surface area contributed by atoms with Gasteiger partial charge in [0.1, 0.15) is 0 Å². The Labute approximate surface area is 127 Å². The fourth-order valence-corrected chi connectivity index (χ4v) is 2.90. The molecule has 0 aliphatic carbocycles. The zero-order valence-electron chi connectivity index (χ0n) is 13.2. The molecule has 4 nitrogen and oxygen atoms in total. The summed E-state index contributed by atoms with van der Waals surface area (Å²) in [5.41, 5.74) is 2.25. The second kappa shape index (κ2) is 7.57. The topological polar surface area (TPSA) is 38.8 Å². The van der Waals surface area contributed by atoms with Crippen molar-refractivity contribution in [2.24, 2.45) is 5.92 Å². The van der Waals surface area contributed by atoms with Crippen LogP contribution in [0.15, 0.2) is 24.3 Å². The molecule has 0 amide bonds. The summed E-state index contributed by atoms with van der Waals surface area (Å²) in [7, 11) is 3.22. The summed E-state index contributed by atoms with van der Waals surface area (Å²) in [6, 6.07) is 8.10. The number of likely N-dealkylation sites (tertiary alicyclic amines) is 1. The van der Waals surface area contributed by atoms with Crippen LogP contribution in [0.2, 0.25) is 0 Å². The van der Waals surface area contributed by atoms with Crippen LogP contribution >= 0.6 is 0 Å². The molecule has 4 heteroatoms. The van der Waals surface area contributed by atoms with Crippen LogP contribution in [-0.2, 0) is 27.2 Å². The van der Waals surface area contributed by atoms with Crippen LogP contribution < -0.4 is 0 Å². The largest absolute Gasteiger partial charge is 0.469 e. The highest BCUT2D eigenvalue weighted by Gasteiger charge is 2.26. The Kier molecular flexibility index (Phi) is 5.76. The SMILES string of the molecule is COC(=O)Cc1ccccc1CN1CCC(C)C(OC)C1. The Hall–Kier alpha value is -1.39. The Morgan fingerprint density at radius 3 is 2.67 bits per heavy atom. The number of nitrogens with zero attached hydrogens (tertiary/aromatic N) is 1. The number of methoxy groups -OCH3 is 2. The molecule has 116 valence electrons. The number of benzene rings is 1. The smallest absolute Gasteiger partial charge is 0.309 e. The van der Waals surface area contributed by atoms with E-state index in [0.29, 0.717) is 18.4 Å². The molecule has 0 bridgehead atoms. The number of esters is 1. The third-order valence-corrected chi connectivity index (χ3v) is 4.35. The van der Waals surface area contributed by atoms with Gasteiger partial charge < -0.3 is 9.47 Å². The maximum atomic E-state index is 11.5. The normalized spacial score (nSPS) is 23.0. The number of hydrogen-bond acceptors (Lipinski definition) is 4. The molecule has 2 unspecified atom stereocenters. The number of rotatable bonds is 5. The van der Waals surface area contributed by atoms with Crippen LogP contribution in [0.5, 0.6) is 0 Å². The van der Waals surface area contributed by atoms with Crippen molar-refractivity contribution in [1.29, 1.82) is 0 Å². The molecule has 0 saturated carbocycles. The first-order chi connectivity index (χ1) is 10.1. The lowest BCUT2D eigenvalue weighted by atomic mass is 9.95. The van der Waals surface area contributed by atoms with E-state index in [2.05, 4.69) is 17.9 Å². The van der Waals surface area contributed by atoms with Gasteiger partial charge in [0, 0.05) is 20.2 Å². The van der Waals surface area contributed by atoms with Crippen molar-refractivity contribution in [1.82, 2.24) is 4.90 Å². The molecular weight excluding hydrogens is 266 g/mol. The lowest BCUT2D eigenvalue weighted by molar-refractivity contribution is -0.139. The summed E-state index contributed by atoms with van der Waals surface area (Å²) >= 11 is 0. The molecular formula is C17H25NO3. The molecule has 1 aromatic rings. The minimum atomic E-state index is -0.190. The van der Waals surface area contributed by atoms with Gasteiger partial charge in [0.2, 0.25) is 0 Å². The molecule has 1 aliphatic heterocycles. The number of piperidine rings is 1. The second-order valence-corrected chi connectivity index (χ2v) is 5.80. The quantitative estimate of drug-likeness (QED) is 0.780. The molecule has 0 aromatic heterocycles. The number of carbonyl (C=O) groups is 1. The molecule has 1 heterocycles. The molecule has 1 aromatic carbocycles. The molecule has 0 N–H and O–H groups in total. The molecule has 1 fully saturated rings. The summed E-state index contributed by atoms with van der Waals surface area (Å²) in [6.07, 6.45) is 1.79. The highest BCUT2D eigenvalue weighted by atomic mass is 16.5. The van der Waals surface area contributed by atoms with Crippen molar-refractivity contribution in [3.63, 3.8) is 0 Å². The van der Waals surface area contributed by atoms with Gasteiger partial charge in [-0.05, 0) is 30.0 Å². The van der Waals surface area contributed by atoms with Crippen molar-refractivity contribution in [3.8, 4) is 0 Å². The monoisotopic (exact) mass is 291 g/mol. The van der Waals surface area contributed by atoms with Gasteiger partial charge in [0.05, 0.1) is 19.6 Å². The molecule has 21 heavy (non-hydrogen) atoms. The average molecular weight is 291 g/mol. The second-order valence-electron chi connectivity index (χ2n) is 5.80. The minimum Gasteiger partial charge on any atom is -0.469 e. The van der Waals surface area contributed by atoms with E-state index in [1.807, 2.05) is 18.2 Å². The Morgan fingerprint density at radius 1 is 1.29 bits per heavy atom. The minimum absolute atomic E-state index is 0.190. The summed E-state index contributed by atoms with van der Waals surface area (Å²) in [5.74, 6) is 0.418. The van der Waals surface area contributed by atoms with E-state index >= 15 is 0 Å². The van der Waals surface area contributed by atoms with Gasteiger partial charge in [-0.15, -0.1) is 0 Å². The summed E-state index contributed by atoms with van der Waals surface area (Å²) < 4.78 is 10.3. The van der Waals surface area contributed by atoms with E-state index in [0.717, 1.165) is 31.6 Å². The molecule has 0 spiro atoms. The van der Waals surface area contributed by atoms with E-state index in [4.69, 9.17) is 9.47 Å². The third kappa shape index (κ3) is 4.29. The average Bonchev–Trinajstić information content (AvgIpc) is 2.51. The standard InChI is InChI=1S/C17H25NO3/c1-13-8-9-18(12-16(13)20-2)11-15-7-5-4-6-14(15)10-17(19)21-3/h4-7,13,16H,8-12H2,1-3H3. The Bertz CT molecular complexity index is 475. The van der Waals surface area contributed by atoms with Crippen LogP contribution in [0, 0.1) is 5.92 Å². The highest BCUT2D eigenvalue weighted by molar-refractivity contribution is 5.72. The zero-order chi connectivity index (χ0) is 15.2. The van der Waals surface area contributed by atoms with Crippen LogP contribution in [0.25, 0.3) is 0 Å². The van der Waals surface area contributed by atoms with Gasteiger partial charge >= 0.3 is 5.97 Å². The maximum absolute atomic E-state index is 11.5. The number of ether oxygens (including phenoxy) is 2. The molecule has 2 atom stereocenters. The lowest BCUT2D eigenvalue weighted by Crippen LogP contribution is -2.43. The maximum Gasteiger partial charge on any atom is 0.309 e. The van der Waals surface area contributed by atoms with E-state index in [-0.39, 0.29) is 5.97 Å². The van der Waals surface area contributed by atoms with Gasteiger partial charge in [-0.2, -0.15) is 0 Å². The van der Waals surface area contributed by atoms with Gasteiger partial charge in [0.25, 0.3) is 0 Å². The first-order valence-corrected chi connectivity index (χ1v) is 7.52. The molecule has 2 rings (SSSR count). The first-order valence-electron chi connectivity index (χ1n) is 7.52. The van der Waals surface area contributed by atoms with Crippen molar-refractivity contribution in [2.75, 3.05) is 27.3 Å². The molecule has 1 aliphatic rings. The predicted molar refractivity (Wildman–Crippen MR) is 82.0 cm³/mol. The predicted octanol–water partition coefficient (Wildman–Crippen LogP) is 2.26. The van der Waals surface area contributed by atoms with Crippen molar-refractivity contribution in [2.45, 2.75) is 32.4 Å². The highest BCUT2D eigenvalue weighted by Crippen LogP contribution is 2.22. The fourth-order valence-electron chi connectivity index (χ4n) is 2.90. The number of hydrogen-bond donors (Lipinski definition) is 0. The first kappa shape index (κ1) is 16.0. The van der Waals surface area contributed by atoms with E-state index in [1.165, 1.54) is 12.7 Å².